The molecule has 2 aliphatic rings. The van der Waals surface area contributed by atoms with E-state index in [1.807, 2.05) is 30.3 Å². The minimum atomic E-state index is -0.376. The van der Waals surface area contributed by atoms with Crippen molar-refractivity contribution in [2.75, 3.05) is 25.0 Å². The SMILES string of the molecule is CC[C@H]1CN(C(=NC2CCCCC2)Nc2ccc(C(CC(N)=O)c3ccc(Cl)cc3Cl)cc2)CCN1. The van der Waals surface area contributed by atoms with Crippen LogP contribution in [0.4, 0.5) is 5.69 Å². The monoisotopic (exact) mass is 529 g/mol. The lowest BCUT2D eigenvalue weighted by Crippen LogP contribution is -2.54. The van der Waals surface area contributed by atoms with E-state index in [4.69, 9.17) is 33.9 Å². The summed E-state index contributed by atoms with van der Waals surface area (Å²) in [6.45, 7) is 5.06. The Morgan fingerprint density at radius 1 is 1.17 bits per heavy atom. The molecule has 1 heterocycles. The van der Waals surface area contributed by atoms with Crippen LogP contribution in [0.5, 0.6) is 0 Å². The molecule has 36 heavy (non-hydrogen) atoms. The Kier molecular flexibility index (Phi) is 9.52. The average Bonchev–Trinajstić information content (AvgIpc) is 2.88. The normalized spacial score (nSPS) is 20.2. The van der Waals surface area contributed by atoms with Crippen LogP contribution in [-0.2, 0) is 4.79 Å². The van der Waals surface area contributed by atoms with Crippen molar-refractivity contribution < 1.29 is 4.79 Å². The van der Waals surface area contributed by atoms with Crippen molar-refractivity contribution in [2.45, 2.75) is 69.9 Å². The van der Waals surface area contributed by atoms with E-state index in [9.17, 15) is 4.79 Å². The van der Waals surface area contributed by atoms with Crippen LogP contribution in [0.3, 0.4) is 0 Å². The van der Waals surface area contributed by atoms with Gasteiger partial charge >= 0.3 is 0 Å². The molecule has 4 N–H and O–H groups in total. The molecule has 0 spiro atoms. The molecule has 2 fully saturated rings. The number of piperazine rings is 1. The van der Waals surface area contributed by atoms with E-state index in [1.165, 1.54) is 19.3 Å². The van der Waals surface area contributed by atoms with Crippen molar-refractivity contribution >= 4 is 40.8 Å². The number of hydrogen-bond donors (Lipinski definition) is 3. The summed E-state index contributed by atoms with van der Waals surface area (Å²) in [7, 11) is 0. The Bertz CT molecular complexity index is 1050. The van der Waals surface area contributed by atoms with Crippen molar-refractivity contribution in [3.63, 3.8) is 0 Å². The predicted molar refractivity (Wildman–Crippen MR) is 150 cm³/mol. The summed E-state index contributed by atoms with van der Waals surface area (Å²) in [6.07, 6.45) is 7.39. The Balaban J connectivity index is 1.57. The molecule has 2 atom stereocenters. The maximum Gasteiger partial charge on any atom is 0.218 e. The van der Waals surface area contributed by atoms with Crippen LogP contribution >= 0.6 is 23.2 Å². The van der Waals surface area contributed by atoms with Gasteiger partial charge in [0.2, 0.25) is 5.91 Å². The van der Waals surface area contributed by atoms with Gasteiger partial charge in [0.1, 0.15) is 0 Å². The second-order valence-electron chi connectivity index (χ2n) is 9.89. The van der Waals surface area contributed by atoms with Gasteiger partial charge in [-0.15, -0.1) is 0 Å². The summed E-state index contributed by atoms with van der Waals surface area (Å²) >= 11 is 12.6. The number of rotatable bonds is 7. The van der Waals surface area contributed by atoms with Crippen LogP contribution in [-0.4, -0.2) is 48.5 Å². The first-order chi connectivity index (χ1) is 17.4. The number of nitrogens with one attached hydrogen (secondary N) is 2. The molecule has 194 valence electrons. The van der Waals surface area contributed by atoms with Crippen molar-refractivity contribution in [3.8, 4) is 0 Å². The van der Waals surface area contributed by atoms with Crippen LogP contribution in [0, 0.1) is 0 Å². The molecule has 1 aliphatic heterocycles. The fourth-order valence-corrected chi connectivity index (χ4v) is 5.73. The minimum Gasteiger partial charge on any atom is -0.370 e. The van der Waals surface area contributed by atoms with Gasteiger partial charge in [-0.05, 0) is 54.7 Å². The van der Waals surface area contributed by atoms with Crippen molar-refractivity contribution in [1.82, 2.24) is 10.2 Å². The fraction of sp³-hybridized carbons (Fsp3) is 0.500. The predicted octanol–water partition coefficient (Wildman–Crippen LogP) is 5.79. The van der Waals surface area contributed by atoms with Crippen molar-refractivity contribution in [1.29, 1.82) is 0 Å². The largest absolute Gasteiger partial charge is 0.370 e. The molecule has 1 saturated heterocycles. The summed E-state index contributed by atoms with van der Waals surface area (Å²) in [5.41, 5.74) is 8.38. The number of nitrogens with two attached hydrogens (primary N) is 1. The highest BCUT2D eigenvalue weighted by Gasteiger charge is 2.24. The molecule has 1 unspecified atom stereocenters. The van der Waals surface area contributed by atoms with E-state index in [2.05, 4.69) is 22.5 Å². The molecule has 0 bridgehead atoms. The van der Waals surface area contributed by atoms with Gasteiger partial charge in [-0.25, -0.2) is 4.99 Å². The maximum absolute atomic E-state index is 11.9. The maximum atomic E-state index is 11.9. The fourth-order valence-electron chi connectivity index (χ4n) is 5.19. The van der Waals surface area contributed by atoms with E-state index < -0.39 is 0 Å². The smallest absolute Gasteiger partial charge is 0.218 e. The van der Waals surface area contributed by atoms with Crippen molar-refractivity contribution in [2.24, 2.45) is 10.7 Å². The third kappa shape index (κ3) is 7.15. The summed E-state index contributed by atoms with van der Waals surface area (Å²) in [5.74, 6) is 0.346. The van der Waals surface area contributed by atoms with E-state index in [0.29, 0.717) is 22.1 Å². The molecule has 0 aromatic heterocycles. The van der Waals surface area contributed by atoms with Gasteiger partial charge in [0.05, 0.1) is 6.04 Å². The average molecular weight is 531 g/mol. The third-order valence-corrected chi connectivity index (χ3v) is 7.80. The number of carbonyl (C=O) groups is 1. The lowest BCUT2D eigenvalue weighted by molar-refractivity contribution is -0.118. The zero-order valence-electron chi connectivity index (χ0n) is 21.0. The summed E-state index contributed by atoms with van der Waals surface area (Å²) in [6, 6.07) is 14.4. The molecule has 1 saturated carbocycles. The Hall–Kier alpha value is -2.28. The van der Waals surface area contributed by atoms with Crippen LogP contribution in [0.2, 0.25) is 10.0 Å². The van der Waals surface area contributed by atoms with Crippen molar-refractivity contribution in [3.05, 3.63) is 63.6 Å². The molecule has 6 nitrogen and oxygen atoms in total. The number of guanidine groups is 1. The summed E-state index contributed by atoms with van der Waals surface area (Å²) in [4.78, 5) is 19.5. The standard InChI is InChI=1S/C28H37Cl2N5O/c1-2-21-18-35(15-14-32-21)28(33-22-6-4-3-5-7-22)34-23-11-8-19(9-12-23)25(17-27(31)36)24-13-10-20(29)16-26(24)30/h8-13,16,21-22,25,32H,2-7,14-15,17-18H2,1H3,(H2,31,36)(H,33,34)/t21-,25?/m0/s1. The van der Waals surface area contributed by atoms with Crippen LogP contribution in [0.15, 0.2) is 47.5 Å². The Labute approximate surface area is 224 Å². The van der Waals surface area contributed by atoms with Crippen LogP contribution < -0.4 is 16.4 Å². The number of hydrogen-bond acceptors (Lipinski definition) is 3. The summed E-state index contributed by atoms with van der Waals surface area (Å²) in [5, 5.41) is 8.31. The zero-order valence-corrected chi connectivity index (χ0v) is 22.5. The van der Waals surface area contributed by atoms with Gasteiger partial charge < -0.3 is 21.3 Å². The number of anilines is 1. The molecule has 1 aliphatic carbocycles. The van der Waals surface area contributed by atoms with E-state index in [-0.39, 0.29) is 18.2 Å². The molecule has 2 aromatic rings. The second-order valence-corrected chi connectivity index (χ2v) is 10.7. The topological polar surface area (TPSA) is 82.8 Å². The first kappa shape index (κ1) is 26.8. The number of amides is 1. The number of nitrogens with zero attached hydrogens (tertiary/aromatic N) is 2. The van der Waals surface area contributed by atoms with E-state index in [1.54, 1.807) is 12.1 Å². The lowest BCUT2D eigenvalue weighted by Gasteiger charge is -2.36. The first-order valence-corrected chi connectivity index (χ1v) is 13.8. The molecular formula is C28H37Cl2N5O. The second kappa shape index (κ2) is 12.8. The number of halogens is 2. The number of aliphatic imine (C=N–C) groups is 1. The molecule has 8 heteroatoms. The molecule has 2 aromatic carbocycles. The molecule has 4 rings (SSSR count). The van der Waals surface area contributed by atoms with E-state index in [0.717, 1.165) is 61.7 Å². The quantitative estimate of drug-likeness (QED) is 0.313. The Morgan fingerprint density at radius 2 is 1.92 bits per heavy atom. The van der Waals surface area contributed by atoms with Gasteiger partial charge in [0, 0.05) is 53.7 Å². The highest BCUT2D eigenvalue weighted by molar-refractivity contribution is 6.35. The van der Waals surface area contributed by atoms with Gasteiger partial charge in [0.15, 0.2) is 5.96 Å². The number of carbonyl (C=O) groups excluding carboxylic acids is 1. The lowest BCUT2D eigenvalue weighted by atomic mass is 9.88. The highest BCUT2D eigenvalue weighted by atomic mass is 35.5. The van der Waals surface area contributed by atoms with E-state index >= 15 is 0 Å². The summed E-state index contributed by atoms with van der Waals surface area (Å²) < 4.78 is 0. The van der Waals surface area contributed by atoms with Gasteiger partial charge in [-0.1, -0.05) is 67.6 Å². The minimum absolute atomic E-state index is 0.168. The molecule has 1 amide bonds. The number of benzene rings is 2. The highest BCUT2D eigenvalue weighted by Crippen LogP contribution is 2.35. The number of primary amides is 1. The molecular weight excluding hydrogens is 493 g/mol. The van der Waals surface area contributed by atoms with Gasteiger partial charge in [-0.2, -0.15) is 0 Å². The Morgan fingerprint density at radius 3 is 2.58 bits per heavy atom. The zero-order chi connectivity index (χ0) is 25.5. The van der Waals surface area contributed by atoms with Crippen LogP contribution in [0.25, 0.3) is 0 Å². The third-order valence-electron chi connectivity index (χ3n) is 7.24. The van der Waals surface area contributed by atoms with Gasteiger partial charge in [0.25, 0.3) is 0 Å². The van der Waals surface area contributed by atoms with Crippen LogP contribution in [0.1, 0.15) is 68.9 Å². The first-order valence-electron chi connectivity index (χ1n) is 13.1. The molecule has 0 radical (unpaired) electrons. The van der Waals surface area contributed by atoms with Gasteiger partial charge in [-0.3, -0.25) is 4.79 Å².